The van der Waals surface area contributed by atoms with Crippen LogP contribution in [0.4, 0.5) is 0 Å². The van der Waals surface area contributed by atoms with Gasteiger partial charge in [-0.3, -0.25) is 52.5 Å². The summed E-state index contributed by atoms with van der Waals surface area (Å²) in [5.74, 6) is -4.33. The topological polar surface area (TPSA) is 453 Å². The van der Waals surface area contributed by atoms with Crippen LogP contribution in [0.25, 0.3) is 32.5 Å². The Morgan fingerprint density at radius 1 is 0.575 bits per heavy atom. The highest BCUT2D eigenvalue weighted by Crippen LogP contribution is 2.29. The summed E-state index contributed by atoms with van der Waals surface area (Å²) < 4.78 is 61.4. The lowest BCUT2D eigenvalue weighted by molar-refractivity contribution is -0.144. The summed E-state index contributed by atoms with van der Waals surface area (Å²) in [5.41, 5.74) is 20.7. The van der Waals surface area contributed by atoms with Crippen LogP contribution >= 0.6 is 11.3 Å². The maximum Gasteiger partial charge on any atom is 0.298 e. The Labute approximate surface area is 699 Å². The maximum absolute atomic E-state index is 14.0. The van der Waals surface area contributed by atoms with Crippen molar-refractivity contribution in [2.45, 2.75) is 138 Å². The number of aryl methyl sites for hydroxylation is 9. The molecule has 9 amide bonds. The number of primary amides is 2. The molecule has 0 spiro atoms. The molecule has 652 valence electrons. The van der Waals surface area contributed by atoms with E-state index in [9.17, 15) is 48.3 Å². The number of benzene rings is 3. The third-order valence-electron chi connectivity index (χ3n) is 19.7. The number of hydrogen-bond donors (Lipinski definition) is 7. The van der Waals surface area contributed by atoms with E-state index in [1.54, 1.807) is 112 Å². The van der Waals surface area contributed by atoms with Gasteiger partial charge in [-0.15, -0.1) is 11.3 Å². The molecule has 5 aromatic heterocycles. The Balaban J connectivity index is 0.609. The number of ether oxygens (including phenoxy) is 9. The first-order chi connectivity index (χ1) is 57.6. The lowest BCUT2D eigenvalue weighted by atomic mass is 9.85. The number of carbonyl (C=O) groups is 9. The van der Waals surface area contributed by atoms with Crippen LogP contribution < -0.4 is 44.0 Å². The lowest BCUT2D eigenvalue weighted by Gasteiger charge is -2.35. The number of aliphatic hydroxyl groups excluding tert-OH is 1. The van der Waals surface area contributed by atoms with Gasteiger partial charge in [0.25, 0.3) is 11.8 Å². The summed E-state index contributed by atoms with van der Waals surface area (Å²) >= 11 is 1.56. The molecule has 6 heterocycles. The number of aliphatic hydroxyl groups is 1. The number of hydrogen-bond acceptors (Lipinski definition) is 23. The molecule has 1 saturated heterocycles. The van der Waals surface area contributed by atoms with Crippen LogP contribution in [0.2, 0.25) is 0 Å². The third kappa shape index (κ3) is 27.0. The average Bonchev–Trinajstić information content (AvgIpc) is 1.62. The second-order valence-electron chi connectivity index (χ2n) is 29.7. The van der Waals surface area contributed by atoms with E-state index in [0.29, 0.717) is 104 Å². The standard InChI is InChI=1S/C82H114N18O19S/c1-11-99-67(43-53(3)92-99)77(108)90-80-94(9)64-45-58(74(83)105)17-19-62(64)96(80)26-21-61(22-27-97-63-20-18-59(75(84)106)46-65(63)95(10)81(97)91-78(109)68-44-54(4)93-100(68)12-2)119-51-70(103)86-25-30-113-33-36-115-38-37-114-34-31-111-28-23-69(102)85-24-29-112-32-35-116-39-40-117-41-42-118-50-71(104)89-73(82(6,7)8)79(110)98-49-60(101)47-66(98)76(107)87-48-56-13-15-57(16-14-56)72-55(5)88-52-120-72/h13-20,43-46,52,60-61,66,73,101H,11-12,21-42,47-51H2,1-10H3,(H2,83,105)(H2,84,106)(H,85,102)(H,86,103)(H,87,107)(H,89,104)/t60-,61?,66+,73-/m1/s1. The van der Waals surface area contributed by atoms with Gasteiger partial charge in [-0.1, -0.05) is 45.0 Å². The molecule has 3 aromatic carbocycles. The first-order valence-corrected chi connectivity index (χ1v) is 41.1. The molecule has 8 aromatic rings. The zero-order valence-corrected chi connectivity index (χ0v) is 70.9. The summed E-state index contributed by atoms with van der Waals surface area (Å²) in [5, 5.41) is 30.8. The molecule has 1 aliphatic heterocycles. The van der Waals surface area contributed by atoms with E-state index >= 15 is 0 Å². The van der Waals surface area contributed by atoms with Crippen LogP contribution in [0.3, 0.4) is 0 Å². The average molecular weight is 1690 g/mol. The van der Waals surface area contributed by atoms with E-state index in [1.807, 2.05) is 74.9 Å². The number of thiazole rings is 1. The van der Waals surface area contributed by atoms with Crippen molar-refractivity contribution in [2.75, 3.05) is 132 Å². The molecule has 120 heavy (non-hydrogen) atoms. The van der Waals surface area contributed by atoms with E-state index in [0.717, 1.165) is 21.7 Å². The van der Waals surface area contributed by atoms with Gasteiger partial charge >= 0.3 is 0 Å². The van der Waals surface area contributed by atoms with Gasteiger partial charge in [-0.05, 0) is 113 Å². The molecule has 0 bridgehead atoms. The van der Waals surface area contributed by atoms with Gasteiger partial charge in [0.15, 0.2) is 0 Å². The Morgan fingerprint density at radius 2 is 1.04 bits per heavy atom. The van der Waals surface area contributed by atoms with Gasteiger partial charge in [-0.2, -0.15) is 20.2 Å². The van der Waals surface area contributed by atoms with Crippen LogP contribution in [0.15, 0.2) is 88.3 Å². The normalized spacial score (nSPS) is 14.5. The van der Waals surface area contributed by atoms with E-state index < -0.39 is 77.0 Å². The highest BCUT2D eigenvalue weighted by molar-refractivity contribution is 7.13. The van der Waals surface area contributed by atoms with Crippen molar-refractivity contribution in [3.63, 3.8) is 0 Å². The first kappa shape index (κ1) is 93.3. The second-order valence-corrected chi connectivity index (χ2v) is 30.6. The highest BCUT2D eigenvalue weighted by atomic mass is 32.1. The van der Waals surface area contributed by atoms with Crippen LogP contribution in [-0.2, 0) is 113 Å². The molecule has 38 heteroatoms. The number of likely N-dealkylation sites (tertiary alicyclic amines) is 1. The van der Waals surface area contributed by atoms with Crippen molar-refractivity contribution in [2.24, 2.45) is 41.0 Å². The predicted molar refractivity (Wildman–Crippen MR) is 442 cm³/mol. The van der Waals surface area contributed by atoms with Crippen molar-refractivity contribution in [3.05, 3.63) is 135 Å². The van der Waals surface area contributed by atoms with Crippen LogP contribution in [0.1, 0.15) is 125 Å². The fraction of sp³-hybridized carbons (Fsp3) is 0.537. The molecule has 0 unspecified atom stereocenters. The summed E-state index contributed by atoms with van der Waals surface area (Å²) in [6.07, 6.45) is -0.814. The van der Waals surface area contributed by atoms with E-state index in [2.05, 4.69) is 46.4 Å². The van der Waals surface area contributed by atoms with Crippen molar-refractivity contribution in [3.8, 4) is 10.4 Å². The predicted octanol–water partition coefficient (Wildman–Crippen LogP) is 2.86. The van der Waals surface area contributed by atoms with E-state index in [4.69, 9.17) is 54.1 Å². The van der Waals surface area contributed by atoms with Gasteiger partial charge in [0.05, 0.1) is 161 Å². The monoisotopic (exact) mass is 1690 g/mol. The smallest absolute Gasteiger partial charge is 0.298 e. The minimum atomic E-state index is -1.000. The van der Waals surface area contributed by atoms with Gasteiger partial charge in [-0.25, -0.2) is 4.98 Å². The fourth-order valence-corrected chi connectivity index (χ4v) is 14.3. The molecule has 1 aliphatic rings. The van der Waals surface area contributed by atoms with Crippen molar-refractivity contribution in [1.29, 1.82) is 0 Å². The molecule has 0 radical (unpaired) electrons. The molecular weight excluding hydrogens is 1570 g/mol. The van der Waals surface area contributed by atoms with Crippen LogP contribution in [0, 0.1) is 26.2 Å². The zero-order valence-electron chi connectivity index (χ0n) is 70.0. The number of nitrogens with zero attached hydrogens (tertiary/aromatic N) is 12. The van der Waals surface area contributed by atoms with Crippen LogP contribution in [0.5, 0.6) is 0 Å². The van der Waals surface area contributed by atoms with Gasteiger partial charge in [0, 0.05) is 90.4 Å². The minimum absolute atomic E-state index is 0.0439. The molecule has 37 nitrogen and oxygen atoms in total. The second kappa shape index (κ2) is 46.3. The fourth-order valence-electron chi connectivity index (χ4n) is 13.5. The SMILES string of the molecule is CCn1nc(C)cc1C(=O)N=c1n(C)c2cc(C(N)=O)ccc2n1CCC(CCn1c(=NC(=O)c2cc(C)nn2CC)n(C)c2cc(C(N)=O)ccc21)OCC(=O)NCCOCCOCCOCCOCCC(=O)NCCOCCOCCOCCOCC(=O)N[C@H](C(=O)N1C[C@H](O)C[C@H]1C(=O)NCc1ccc(-c2scnc2C)cc1)C(C)(C)C. The van der Waals surface area contributed by atoms with Gasteiger partial charge < -0.3 is 104 Å². The van der Waals surface area contributed by atoms with Crippen LogP contribution in [-0.4, -0.2) is 262 Å². The molecule has 3 atom stereocenters. The number of nitrogens with one attached hydrogen (secondary N) is 4. The minimum Gasteiger partial charge on any atom is -0.391 e. The Morgan fingerprint density at radius 3 is 1.50 bits per heavy atom. The molecule has 1 fully saturated rings. The van der Waals surface area contributed by atoms with E-state index in [-0.39, 0.29) is 159 Å². The molecule has 9 N–H and O–H groups in total. The molecule has 9 rings (SSSR count). The zero-order chi connectivity index (χ0) is 86.4. The first-order valence-electron chi connectivity index (χ1n) is 40.2. The maximum atomic E-state index is 14.0. The highest BCUT2D eigenvalue weighted by Gasteiger charge is 2.44. The number of fused-ring (bicyclic) bond motifs is 2. The quantitative estimate of drug-likeness (QED) is 0.0269. The summed E-state index contributed by atoms with van der Waals surface area (Å²) in [6, 6.07) is 19.2. The van der Waals surface area contributed by atoms with Gasteiger partial charge in [0.1, 0.15) is 36.7 Å². The molecular formula is C82H114N18O19S. The number of aromatic nitrogens is 9. The summed E-state index contributed by atoms with van der Waals surface area (Å²) in [7, 11) is 3.46. The summed E-state index contributed by atoms with van der Waals surface area (Å²) in [4.78, 5) is 135. The number of rotatable bonds is 50. The number of nitrogens with two attached hydrogens (primary N) is 2. The van der Waals surface area contributed by atoms with Crippen molar-refractivity contribution >= 4 is 86.6 Å². The van der Waals surface area contributed by atoms with E-state index in [1.165, 1.54) is 4.90 Å². The molecule has 0 saturated carbocycles. The largest absolute Gasteiger partial charge is 0.391 e. The third-order valence-corrected chi connectivity index (χ3v) is 20.7. The lowest BCUT2D eigenvalue weighted by Crippen LogP contribution is -2.58. The van der Waals surface area contributed by atoms with Crippen molar-refractivity contribution in [1.82, 2.24) is 69.0 Å². The molecule has 0 aliphatic carbocycles. The summed E-state index contributed by atoms with van der Waals surface area (Å²) in [6.45, 7) is 19.8. The Bertz CT molecular complexity index is 4770. The Hall–Kier alpha value is -10.5. The Kier molecular flexibility index (Phi) is 36.0. The number of amides is 9. The van der Waals surface area contributed by atoms with Gasteiger partial charge in [0.2, 0.25) is 52.6 Å². The number of imidazole rings is 2. The number of carbonyl (C=O) groups excluding carboxylic acids is 9. The van der Waals surface area contributed by atoms with Crippen molar-refractivity contribution < 1.29 is 90.9 Å². The number of β-amino-alcohol motifs (C(OH)–C–C–N with tert-alkyl or cyclic N) is 1.